The van der Waals surface area contributed by atoms with Gasteiger partial charge < -0.3 is 15.5 Å². The first-order valence-electron chi connectivity index (χ1n) is 9.69. The van der Waals surface area contributed by atoms with Crippen LogP contribution in [0, 0.1) is 5.92 Å². The van der Waals surface area contributed by atoms with E-state index < -0.39 is 0 Å². The first-order chi connectivity index (χ1) is 14.6. The first kappa shape index (κ1) is 20.3. The molecule has 3 amide bonds. The Bertz CT molecular complexity index is 1010. The molecular formula is C22H21N3O3S2. The summed E-state index contributed by atoms with van der Waals surface area (Å²) >= 11 is 2.83. The van der Waals surface area contributed by atoms with E-state index in [1.165, 1.54) is 22.7 Å². The number of hydrogen-bond acceptors (Lipinski definition) is 5. The maximum atomic E-state index is 12.6. The number of rotatable bonds is 5. The van der Waals surface area contributed by atoms with Crippen LogP contribution >= 0.6 is 22.7 Å². The molecule has 0 bridgehead atoms. The molecule has 3 aromatic rings. The van der Waals surface area contributed by atoms with Crippen LogP contribution in [-0.4, -0.2) is 35.7 Å². The third-order valence-corrected chi connectivity index (χ3v) is 6.77. The van der Waals surface area contributed by atoms with Crippen LogP contribution in [0.25, 0.3) is 0 Å². The van der Waals surface area contributed by atoms with E-state index in [0.29, 0.717) is 42.2 Å². The number of piperidine rings is 1. The number of anilines is 2. The number of carbonyl (C=O) groups is 3. The first-order valence-corrected chi connectivity index (χ1v) is 11.4. The standard InChI is InChI=1S/C22H21N3O3S2/c26-20(15-9-11-25(12-10-15)22(28)19-4-2-14-30-19)23-16-5-7-17(8-6-16)24-21(27)18-3-1-13-29-18/h1-8,13-15H,9-12H2,(H,23,26)(H,24,27). The molecule has 3 heterocycles. The largest absolute Gasteiger partial charge is 0.338 e. The zero-order chi connectivity index (χ0) is 20.9. The molecule has 0 aliphatic carbocycles. The van der Waals surface area contributed by atoms with Crippen LogP contribution in [0.3, 0.4) is 0 Å². The van der Waals surface area contributed by atoms with E-state index in [9.17, 15) is 14.4 Å². The molecular weight excluding hydrogens is 418 g/mol. The fourth-order valence-electron chi connectivity index (χ4n) is 3.38. The molecule has 1 aliphatic rings. The Kier molecular flexibility index (Phi) is 6.25. The third kappa shape index (κ3) is 4.77. The van der Waals surface area contributed by atoms with Gasteiger partial charge in [0.15, 0.2) is 0 Å². The van der Waals surface area contributed by atoms with Crippen LogP contribution in [0.15, 0.2) is 59.3 Å². The van der Waals surface area contributed by atoms with Crippen molar-refractivity contribution in [2.45, 2.75) is 12.8 Å². The fourth-order valence-corrected chi connectivity index (χ4v) is 4.69. The number of nitrogens with one attached hydrogen (secondary N) is 2. The number of carbonyl (C=O) groups excluding carboxylic acids is 3. The van der Waals surface area contributed by atoms with E-state index in [1.54, 1.807) is 30.3 Å². The smallest absolute Gasteiger partial charge is 0.265 e. The number of thiophene rings is 2. The summed E-state index contributed by atoms with van der Waals surface area (Å²) in [5, 5.41) is 9.53. The van der Waals surface area contributed by atoms with E-state index in [2.05, 4.69) is 10.6 Å². The summed E-state index contributed by atoms with van der Waals surface area (Å²) in [4.78, 5) is 40.3. The summed E-state index contributed by atoms with van der Waals surface area (Å²) < 4.78 is 0. The molecule has 2 N–H and O–H groups in total. The summed E-state index contributed by atoms with van der Waals surface area (Å²) in [7, 11) is 0. The van der Waals surface area contributed by atoms with Crippen molar-refractivity contribution in [1.29, 1.82) is 0 Å². The molecule has 0 spiro atoms. The molecule has 1 aliphatic heterocycles. The minimum Gasteiger partial charge on any atom is -0.338 e. The van der Waals surface area contributed by atoms with Crippen LogP contribution in [0.4, 0.5) is 11.4 Å². The molecule has 0 unspecified atom stereocenters. The normalized spacial score (nSPS) is 14.3. The second kappa shape index (κ2) is 9.23. The number of likely N-dealkylation sites (tertiary alicyclic amines) is 1. The summed E-state index contributed by atoms with van der Waals surface area (Å²) in [5.41, 5.74) is 1.36. The molecule has 0 atom stereocenters. The predicted octanol–water partition coefficient (Wildman–Crippen LogP) is 4.55. The van der Waals surface area contributed by atoms with Crippen LogP contribution in [0.2, 0.25) is 0 Å². The topological polar surface area (TPSA) is 78.5 Å². The summed E-state index contributed by atoms with van der Waals surface area (Å²) in [6.45, 7) is 1.17. The van der Waals surface area contributed by atoms with Gasteiger partial charge in [0, 0.05) is 30.4 Å². The van der Waals surface area contributed by atoms with Gasteiger partial charge in [-0.2, -0.15) is 0 Å². The highest BCUT2D eigenvalue weighted by atomic mass is 32.1. The van der Waals surface area contributed by atoms with Crippen molar-refractivity contribution in [2.24, 2.45) is 5.92 Å². The van der Waals surface area contributed by atoms with Crippen LogP contribution in [0.1, 0.15) is 32.2 Å². The number of benzene rings is 1. The summed E-state index contributed by atoms with van der Waals surface area (Å²) in [6.07, 6.45) is 1.30. The van der Waals surface area contributed by atoms with Gasteiger partial charge in [0.2, 0.25) is 5.91 Å². The Balaban J connectivity index is 1.27. The van der Waals surface area contributed by atoms with Crippen molar-refractivity contribution in [3.05, 3.63) is 69.0 Å². The monoisotopic (exact) mass is 439 g/mol. The molecule has 30 heavy (non-hydrogen) atoms. The number of amides is 3. The van der Waals surface area contributed by atoms with E-state index in [1.807, 2.05) is 33.9 Å². The van der Waals surface area contributed by atoms with Gasteiger partial charge in [-0.3, -0.25) is 14.4 Å². The quantitative estimate of drug-likeness (QED) is 0.612. The molecule has 4 rings (SSSR count). The second-order valence-corrected chi connectivity index (χ2v) is 8.94. The molecule has 6 nitrogen and oxygen atoms in total. The molecule has 0 radical (unpaired) electrons. The highest BCUT2D eigenvalue weighted by molar-refractivity contribution is 7.12. The minimum atomic E-state index is -0.148. The van der Waals surface area contributed by atoms with Gasteiger partial charge in [-0.25, -0.2) is 0 Å². The molecule has 1 aromatic carbocycles. The highest BCUT2D eigenvalue weighted by Crippen LogP contribution is 2.23. The van der Waals surface area contributed by atoms with Gasteiger partial charge >= 0.3 is 0 Å². The van der Waals surface area contributed by atoms with Crippen LogP contribution in [-0.2, 0) is 4.79 Å². The minimum absolute atomic E-state index is 0.0337. The Morgan fingerprint density at radius 2 is 1.37 bits per heavy atom. The maximum Gasteiger partial charge on any atom is 0.265 e. The maximum absolute atomic E-state index is 12.6. The molecule has 2 aromatic heterocycles. The van der Waals surface area contributed by atoms with E-state index in [4.69, 9.17) is 0 Å². The van der Waals surface area contributed by atoms with Gasteiger partial charge in [-0.1, -0.05) is 12.1 Å². The number of hydrogen-bond donors (Lipinski definition) is 2. The summed E-state index contributed by atoms with van der Waals surface area (Å²) in [5.74, 6) is -0.251. The van der Waals surface area contributed by atoms with Gasteiger partial charge in [0.05, 0.1) is 9.75 Å². The molecule has 154 valence electrons. The highest BCUT2D eigenvalue weighted by Gasteiger charge is 2.28. The van der Waals surface area contributed by atoms with Crippen molar-refractivity contribution >= 4 is 51.8 Å². The predicted molar refractivity (Wildman–Crippen MR) is 120 cm³/mol. The van der Waals surface area contributed by atoms with E-state index in [-0.39, 0.29) is 23.6 Å². The molecule has 1 fully saturated rings. The Morgan fingerprint density at radius 1 is 0.800 bits per heavy atom. The Morgan fingerprint density at radius 3 is 1.93 bits per heavy atom. The van der Waals surface area contributed by atoms with Gasteiger partial charge in [0.1, 0.15) is 0 Å². The third-order valence-electron chi connectivity index (χ3n) is 5.04. The average molecular weight is 440 g/mol. The zero-order valence-electron chi connectivity index (χ0n) is 16.2. The van der Waals surface area contributed by atoms with Crippen LogP contribution in [0.5, 0.6) is 0 Å². The second-order valence-electron chi connectivity index (χ2n) is 7.04. The SMILES string of the molecule is O=C(Nc1ccc(NC(=O)C2CCN(C(=O)c3cccs3)CC2)cc1)c1cccs1. The van der Waals surface area contributed by atoms with Crippen molar-refractivity contribution in [2.75, 3.05) is 23.7 Å². The van der Waals surface area contributed by atoms with E-state index in [0.717, 1.165) is 4.88 Å². The lowest BCUT2D eigenvalue weighted by atomic mass is 9.95. The van der Waals surface area contributed by atoms with Crippen molar-refractivity contribution in [1.82, 2.24) is 4.90 Å². The average Bonchev–Trinajstić information content (AvgIpc) is 3.49. The molecule has 8 heteroatoms. The zero-order valence-corrected chi connectivity index (χ0v) is 17.8. The Hall–Kier alpha value is -2.97. The van der Waals surface area contributed by atoms with Gasteiger partial charge in [-0.15, -0.1) is 22.7 Å². The summed E-state index contributed by atoms with van der Waals surface area (Å²) in [6, 6.07) is 14.4. The number of nitrogens with zero attached hydrogens (tertiary/aromatic N) is 1. The molecule has 0 saturated carbocycles. The lowest BCUT2D eigenvalue weighted by Gasteiger charge is -2.31. The van der Waals surface area contributed by atoms with Crippen molar-refractivity contribution < 1.29 is 14.4 Å². The molecule has 1 saturated heterocycles. The fraction of sp³-hybridized carbons (Fsp3) is 0.227. The van der Waals surface area contributed by atoms with E-state index >= 15 is 0 Å². The van der Waals surface area contributed by atoms with Gasteiger partial charge in [-0.05, 0) is 60.0 Å². The van der Waals surface area contributed by atoms with Crippen LogP contribution < -0.4 is 10.6 Å². The van der Waals surface area contributed by atoms with Crippen molar-refractivity contribution in [3.63, 3.8) is 0 Å². The lowest BCUT2D eigenvalue weighted by molar-refractivity contribution is -0.121. The lowest BCUT2D eigenvalue weighted by Crippen LogP contribution is -2.41. The Labute approximate surface area is 182 Å². The van der Waals surface area contributed by atoms with Crippen molar-refractivity contribution in [3.8, 4) is 0 Å². The van der Waals surface area contributed by atoms with Gasteiger partial charge in [0.25, 0.3) is 11.8 Å².